The summed E-state index contributed by atoms with van der Waals surface area (Å²) in [5.41, 5.74) is 0.690. The van der Waals surface area contributed by atoms with Crippen LogP contribution in [0.5, 0.6) is 0 Å². The fraction of sp³-hybridized carbons (Fsp3) is 0.200. The zero-order valence-electron chi connectivity index (χ0n) is 7.13. The smallest absolute Gasteiger partial charge is 0.192 e. The first-order valence-corrected chi connectivity index (χ1v) is 3.74. The lowest BCUT2D eigenvalue weighted by atomic mass is 10.1. The van der Waals surface area contributed by atoms with Crippen molar-refractivity contribution in [3.8, 4) is 0 Å². The second kappa shape index (κ2) is 3.30. The maximum absolute atomic E-state index is 11.4. The van der Waals surface area contributed by atoms with Gasteiger partial charge in [0, 0.05) is 0 Å². The predicted molar refractivity (Wildman–Crippen MR) is 47.5 cm³/mol. The summed E-state index contributed by atoms with van der Waals surface area (Å²) >= 11 is 0. The minimum Gasteiger partial charge on any atom is -0.294 e. The Bertz CT molecular complexity index is 367. The molecule has 0 spiro atoms. The second-order valence-electron chi connectivity index (χ2n) is 2.70. The highest BCUT2D eigenvalue weighted by molar-refractivity contribution is 5.93. The van der Waals surface area contributed by atoms with Gasteiger partial charge in [0.05, 0.1) is 5.56 Å². The average molecular weight is 162 g/mol. The van der Waals surface area contributed by atoms with E-state index in [2.05, 4.69) is 0 Å². The third-order valence-electron chi connectivity index (χ3n) is 1.70. The first kappa shape index (κ1) is 8.65. The van der Waals surface area contributed by atoms with Crippen LogP contribution in [0.25, 0.3) is 0 Å². The normalized spacial score (nSPS) is 9.50. The summed E-state index contributed by atoms with van der Waals surface area (Å²) in [4.78, 5) is 22.3. The molecule has 2 heteroatoms. The van der Waals surface area contributed by atoms with Crippen LogP contribution in [0.4, 0.5) is 0 Å². The van der Waals surface area contributed by atoms with E-state index in [1.54, 1.807) is 31.2 Å². The van der Waals surface area contributed by atoms with E-state index in [4.69, 9.17) is 0 Å². The van der Waals surface area contributed by atoms with Crippen LogP contribution in [0, 0.1) is 6.92 Å². The lowest BCUT2D eigenvalue weighted by Gasteiger charge is -1.87. The molecule has 0 aliphatic heterocycles. The quantitative estimate of drug-likeness (QED) is 0.587. The van der Waals surface area contributed by atoms with Crippen molar-refractivity contribution in [1.82, 2.24) is 0 Å². The van der Waals surface area contributed by atoms with Gasteiger partial charge in [-0.2, -0.15) is 0 Å². The summed E-state index contributed by atoms with van der Waals surface area (Å²) in [6.45, 7) is 3.10. The number of hydrogen-bond acceptors (Lipinski definition) is 2. The Balaban J connectivity index is 3.53. The molecule has 12 heavy (non-hydrogen) atoms. The fourth-order valence-electron chi connectivity index (χ4n) is 0.993. The van der Waals surface area contributed by atoms with Gasteiger partial charge in [0.2, 0.25) is 0 Å². The molecular formula is C10H10O2. The molecule has 0 amide bonds. The predicted octanol–water partition coefficient (Wildman–Crippen LogP) is 1.56. The van der Waals surface area contributed by atoms with Crippen LogP contribution < -0.4 is 5.43 Å². The van der Waals surface area contributed by atoms with Gasteiger partial charge in [-0.15, -0.1) is 0 Å². The average Bonchev–Trinajstić information content (AvgIpc) is 2.15. The fourth-order valence-corrected chi connectivity index (χ4v) is 0.993. The van der Waals surface area contributed by atoms with Gasteiger partial charge >= 0.3 is 0 Å². The largest absolute Gasteiger partial charge is 0.294 e. The minimum atomic E-state index is -0.181. The first-order valence-electron chi connectivity index (χ1n) is 3.74. The molecule has 0 aromatic heterocycles. The lowest BCUT2D eigenvalue weighted by Crippen LogP contribution is -2.11. The summed E-state index contributed by atoms with van der Waals surface area (Å²) < 4.78 is 0. The van der Waals surface area contributed by atoms with Crippen molar-refractivity contribution >= 4 is 5.78 Å². The number of Topliss-reactive ketones (excluding diaryl/α,β-unsaturated/α-hetero) is 1. The van der Waals surface area contributed by atoms with Crippen LogP contribution in [-0.2, 0) is 0 Å². The van der Waals surface area contributed by atoms with E-state index < -0.39 is 0 Å². The van der Waals surface area contributed by atoms with E-state index in [1.165, 1.54) is 6.92 Å². The number of hydrogen-bond donors (Lipinski definition) is 0. The van der Waals surface area contributed by atoms with Crippen molar-refractivity contribution in [1.29, 1.82) is 0 Å². The van der Waals surface area contributed by atoms with E-state index in [0.717, 1.165) is 0 Å². The van der Waals surface area contributed by atoms with Crippen molar-refractivity contribution in [3.05, 3.63) is 45.6 Å². The Hall–Kier alpha value is -1.44. The van der Waals surface area contributed by atoms with Crippen molar-refractivity contribution in [2.45, 2.75) is 13.8 Å². The van der Waals surface area contributed by atoms with E-state index in [9.17, 15) is 9.59 Å². The van der Waals surface area contributed by atoms with Crippen molar-refractivity contribution in [2.75, 3.05) is 0 Å². The SMILES string of the molecule is CC(=O)c1ccccc(C)c1=O. The summed E-state index contributed by atoms with van der Waals surface area (Å²) in [6, 6.07) is 6.71. The standard InChI is InChI=1S/C10H10O2/c1-7-5-3-4-6-9(8(2)11)10(7)12/h3-6H,1-2H3. The Kier molecular flexibility index (Phi) is 2.38. The van der Waals surface area contributed by atoms with Crippen LogP contribution in [0.1, 0.15) is 22.8 Å². The molecule has 0 fully saturated rings. The van der Waals surface area contributed by atoms with Crippen LogP contribution >= 0.6 is 0 Å². The number of rotatable bonds is 1. The summed E-state index contributed by atoms with van der Waals surface area (Å²) in [5, 5.41) is 0. The van der Waals surface area contributed by atoms with Gasteiger partial charge in [0.25, 0.3) is 0 Å². The van der Waals surface area contributed by atoms with Crippen molar-refractivity contribution in [2.24, 2.45) is 0 Å². The number of carbonyl (C=O) groups is 1. The molecule has 0 bridgehead atoms. The van der Waals surface area contributed by atoms with Gasteiger partial charge < -0.3 is 0 Å². The van der Waals surface area contributed by atoms with E-state index in [-0.39, 0.29) is 16.8 Å². The topological polar surface area (TPSA) is 34.1 Å². The highest BCUT2D eigenvalue weighted by Crippen LogP contribution is 1.94. The van der Waals surface area contributed by atoms with Gasteiger partial charge in [-0.25, -0.2) is 0 Å². The second-order valence-corrected chi connectivity index (χ2v) is 2.70. The zero-order valence-corrected chi connectivity index (χ0v) is 7.13. The molecule has 0 saturated carbocycles. The maximum Gasteiger partial charge on any atom is 0.192 e. The Morgan fingerprint density at radius 2 is 1.83 bits per heavy atom. The summed E-state index contributed by atoms with van der Waals surface area (Å²) in [7, 11) is 0. The number of carbonyl (C=O) groups excluding carboxylic acids is 1. The molecule has 0 atom stereocenters. The molecule has 0 aliphatic carbocycles. The van der Waals surface area contributed by atoms with Gasteiger partial charge in [0.1, 0.15) is 0 Å². The maximum atomic E-state index is 11.4. The lowest BCUT2D eigenvalue weighted by molar-refractivity contribution is 0.101. The van der Waals surface area contributed by atoms with E-state index >= 15 is 0 Å². The summed E-state index contributed by atoms with van der Waals surface area (Å²) in [6.07, 6.45) is 0. The Morgan fingerprint density at radius 3 is 2.42 bits per heavy atom. The molecule has 0 N–H and O–H groups in total. The van der Waals surface area contributed by atoms with E-state index in [1.807, 2.05) is 0 Å². The Labute approximate surface area is 70.9 Å². The molecule has 0 heterocycles. The third-order valence-corrected chi connectivity index (χ3v) is 1.70. The molecule has 0 saturated heterocycles. The molecule has 0 radical (unpaired) electrons. The molecule has 0 aliphatic rings. The molecule has 2 nitrogen and oxygen atoms in total. The van der Waals surface area contributed by atoms with Crippen molar-refractivity contribution in [3.63, 3.8) is 0 Å². The molecular weight excluding hydrogens is 152 g/mol. The monoisotopic (exact) mass is 162 g/mol. The highest BCUT2D eigenvalue weighted by atomic mass is 16.1. The number of ketones is 1. The Morgan fingerprint density at radius 1 is 1.25 bits per heavy atom. The molecule has 1 aromatic rings. The van der Waals surface area contributed by atoms with Crippen LogP contribution in [0.2, 0.25) is 0 Å². The van der Waals surface area contributed by atoms with Crippen LogP contribution in [0.3, 0.4) is 0 Å². The van der Waals surface area contributed by atoms with Crippen molar-refractivity contribution < 1.29 is 4.79 Å². The summed E-state index contributed by atoms with van der Waals surface area (Å²) in [5.74, 6) is -0.181. The molecule has 0 unspecified atom stereocenters. The highest BCUT2D eigenvalue weighted by Gasteiger charge is 2.03. The van der Waals surface area contributed by atoms with E-state index in [0.29, 0.717) is 5.56 Å². The number of aryl methyl sites for hydroxylation is 1. The molecule has 1 aromatic carbocycles. The van der Waals surface area contributed by atoms with Gasteiger partial charge in [0.15, 0.2) is 11.2 Å². The van der Waals surface area contributed by atoms with Crippen LogP contribution in [-0.4, -0.2) is 5.78 Å². The third kappa shape index (κ3) is 1.59. The molecule has 1 rings (SSSR count). The van der Waals surface area contributed by atoms with Gasteiger partial charge in [-0.3, -0.25) is 9.59 Å². The molecule has 62 valence electrons. The minimum absolute atomic E-state index is 0.174. The zero-order chi connectivity index (χ0) is 9.14. The van der Waals surface area contributed by atoms with Gasteiger partial charge in [-0.05, 0) is 25.5 Å². The first-order chi connectivity index (χ1) is 5.63. The van der Waals surface area contributed by atoms with Crippen LogP contribution in [0.15, 0.2) is 29.1 Å². The van der Waals surface area contributed by atoms with Gasteiger partial charge in [-0.1, -0.05) is 18.2 Å².